The molecule has 3 heterocycles. The number of carbonyl (C=O) groups excluding carboxylic acids is 1. The molecule has 4 N–H and O–H groups in total. The number of nitrogens with one attached hydrogen (secondary N) is 1. The molecule has 0 radical (unpaired) electrons. The molecule has 226 valence electrons. The zero-order valence-corrected chi connectivity index (χ0v) is 23.3. The fraction of sp³-hybridized carbons (Fsp3) is 0.393. The molecule has 2 aromatic carbocycles. The van der Waals surface area contributed by atoms with Crippen LogP contribution in [0.1, 0.15) is 18.9 Å². The smallest absolute Gasteiger partial charge is 0.251 e. The van der Waals surface area contributed by atoms with E-state index in [0.717, 1.165) is 11.4 Å². The number of rotatable bonds is 8. The first-order valence-corrected chi connectivity index (χ1v) is 13.7. The third kappa shape index (κ3) is 7.13. The summed E-state index contributed by atoms with van der Waals surface area (Å²) in [4.78, 5) is 28.2. The van der Waals surface area contributed by atoms with Crippen LogP contribution in [0, 0.1) is 16.5 Å². The summed E-state index contributed by atoms with van der Waals surface area (Å²) in [6.45, 7) is 2.74. The molecule has 0 unspecified atom stereocenters. The molecule has 1 amide bonds. The fourth-order valence-corrected chi connectivity index (χ4v) is 4.90. The zero-order chi connectivity index (χ0) is 30.5. The molecule has 14 nitrogen and oxygen atoms in total. The van der Waals surface area contributed by atoms with Gasteiger partial charge in [0.2, 0.25) is 5.95 Å². The molecule has 2 aliphatic heterocycles. The van der Waals surface area contributed by atoms with E-state index in [-0.39, 0.29) is 36.8 Å². The van der Waals surface area contributed by atoms with Gasteiger partial charge < -0.3 is 34.9 Å². The number of nitrogens with two attached hydrogens (primary N) is 1. The number of aromatic nitrogens is 3. The Morgan fingerprint density at radius 3 is 2.77 bits per heavy atom. The summed E-state index contributed by atoms with van der Waals surface area (Å²) >= 11 is 0. The molecule has 5 rings (SSSR count). The van der Waals surface area contributed by atoms with Crippen molar-refractivity contribution in [2.45, 2.75) is 38.0 Å². The van der Waals surface area contributed by atoms with Crippen LogP contribution in [0.2, 0.25) is 0 Å². The van der Waals surface area contributed by atoms with Crippen LogP contribution in [0.3, 0.4) is 0 Å². The first kappa shape index (κ1) is 30.0. The number of aliphatic hydroxyl groups is 1. The van der Waals surface area contributed by atoms with Crippen molar-refractivity contribution in [3.05, 3.63) is 59.6 Å². The summed E-state index contributed by atoms with van der Waals surface area (Å²) < 4.78 is 26.0. The number of amides is 1. The van der Waals surface area contributed by atoms with E-state index in [1.807, 2.05) is 29.2 Å². The van der Waals surface area contributed by atoms with E-state index in [9.17, 15) is 24.8 Å². The molecular weight excluding hydrogens is 561 g/mol. The minimum Gasteiger partial charge on any atom is -0.770 e. The van der Waals surface area contributed by atoms with Crippen LogP contribution in [0.25, 0.3) is 11.4 Å². The largest absolute Gasteiger partial charge is 0.770 e. The number of hydrazine groups is 1. The lowest BCUT2D eigenvalue weighted by molar-refractivity contribution is -0.143. The summed E-state index contributed by atoms with van der Waals surface area (Å²) in [5.41, 5.74) is 2.34. The van der Waals surface area contributed by atoms with Gasteiger partial charge in [0.05, 0.1) is 25.3 Å². The Bertz CT molecular complexity index is 1470. The van der Waals surface area contributed by atoms with Crippen LogP contribution in [-0.4, -0.2) is 93.4 Å². The molecule has 2 fully saturated rings. The van der Waals surface area contributed by atoms with E-state index in [1.165, 1.54) is 18.2 Å². The number of morpholine rings is 1. The second-order valence-electron chi connectivity index (χ2n) is 10.2. The van der Waals surface area contributed by atoms with Crippen molar-refractivity contribution in [1.29, 1.82) is 5.26 Å². The van der Waals surface area contributed by atoms with Gasteiger partial charge in [-0.2, -0.15) is 10.2 Å². The van der Waals surface area contributed by atoms with Crippen LogP contribution < -0.4 is 20.8 Å². The van der Waals surface area contributed by atoms with Crippen molar-refractivity contribution in [2.75, 3.05) is 43.0 Å². The number of anilines is 3. The Balaban J connectivity index is 1.24. The Morgan fingerprint density at radius 2 is 2.07 bits per heavy atom. The van der Waals surface area contributed by atoms with Crippen LogP contribution >= 0.6 is 0 Å². The SMILES string of the molecule is C[C@H](O)C(=O)N1CC[C@H](Oc2ccc(-c3ncnc(Nc4ccc(N5CCO[C@@H](N(N)[O-])C5)cc4)n3)cc2C#N)[C@H](F)C1. The quantitative estimate of drug-likeness (QED) is 0.253. The Morgan fingerprint density at radius 1 is 1.28 bits per heavy atom. The van der Waals surface area contributed by atoms with Crippen LogP contribution in [0.5, 0.6) is 5.75 Å². The van der Waals surface area contributed by atoms with E-state index in [4.69, 9.17) is 15.3 Å². The minimum atomic E-state index is -1.48. The number of likely N-dealkylation sites (tertiary alicyclic amines) is 1. The van der Waals surface area contributed by atoms with Crippen molar-refractivity contribution in [1.82, 2.24) is 25.0 Å². The first-order chi connectivity index (χ1) is 20.7. The first-order valence-electron chi connectivity index (χ1n) is 13.7. The molecule has 2 saturated heterocycles. The number of ether oxygens (including phenoxy) is 2. The molecule has 0 aliphatic carbocycles. The maximum atomic E-state index is 14.8. The van der Waals surface area contributed by atoms with Crippen molar-refractivity contribution in [3.8, 4) is 23.2 Å². The number of piperidine rings is 1. The van der Waals surface area contributed by atoms with E-state index in [2.05, 4.69) is 26.3 Å². The van der Waals surface area contributed by atoms with Crippen LogP contribution in [0.4, 0.5) is 21.7 Å². The van der Waals surface area contributed by atoms with Gasteiger partial charge in [-0.25, -0.2) is 14.4 Å². The molecule has 4 atom stereocenters. The normalized spacial score (nSPS) is 21.3. The van der Waals surface area contributed by atoms with Crippen molar-refractivity contribution < 1.29 is 23.8 Å². The van der Waals surface area contributed by atoms with Gasteiger partial charge in [-0.05, 0) is 49.4 Å². The molecular formula is C28H31FN9O5-. The van der Waals surface area contributed by atoms with Crippen molar-refractivity contribution >= 4 is 23.2 Å². The van der Waals surface area contributed by atoms with E-state index in [1.54, 1.807) is 18.2 Å². The number of alkyl halides is 1. The van der Waals surface area contributed by atoms with Gasteiger partial charge in [-0.15, -0.1) is 0 Å². The maximum Gasteiger partial charge on any atom is 0.251 e. The molecule has 43 heavy (non-hydrogen) atoms. The van der Waals surface area contributed by atoms with Gasteiger partial charge in [0.25, 0.3) is 5.91 Å². The number of benzene rings is 2. The van der Waals surface area contributed by atoms with E-state index in [0.29, 0.717) is 36.3 Å². The molecule has 1 aromatic heterocycles. The molecule has 3 aromatic rings. The highest BCUT2D eigenvalue weighted by Crippen LogP contribution is 2.29. The van der Waals surface area contributed by atoms with E-state index < -0.39 is 30.5 Å². The van der Waals surface area contributed by atoms with Crippen molar-refractivity contribution in [2.24, 2.45) is 5.84 Å². The predicted molar refractivity (Wildman–Crippen MR) is 153 cm³/mol. The highest BCUT2D eigenvalue weighted by atomic mass is 19.1. The third-order valence-corrected chi connectivity index (χ3v) is 7.18. The molecule has 2 aliphatic rings. The number of aliphatic hydroxyl groups excluding tert-OH is 1. The van der Waals surface area contributed by atoms with Gasteiger partial charge >= 0.3 is 0 Å². The summed E-state index contributed by atoms with van der Waals surface area (Å²) in [6, 6.07) is 14.4. The molecule has 0 bridgehead atoms. The highest BCUT2D eigenvalue weighted by Gasteiger charge is 2.34. The number of halogens is 1. The number of hydrogen-bond donors (Lipinski definition) is 3. The summed E-state index contributed by atoms with van der Waals surface area (Å²) in [6.07, 6.45) is -2.69. The van der Waals surface area contributed by atoms with Gasteiger partial charge in [0.15, 0.2) is 12.0 Å². The topological polar surface area (TPSA) is 189 Å². The number of nitrogens with zero attached hydrogens (tertiary/aromatic N) is 7. The molecule has 0 spiro atoms. The molecule has 0 saturated carbocycles. The average Bonchev–Trinajstić information content (AvgIpc) is 3.02. The lowest BCUT2D eigenvalue weighted by atomic mass is 10.0. The monoisotopic (exact) mass is 592 g/mol. The maximum absolute atomic E-state index is 14.8. The summed E-state index contributed by atoms with van der Waals surface area (Å²) in [5.74, 6) is 5.58. The average molecular weight is 593 g/mol. The summed E-state index contributed by atoms with van der Waals surface area (Å²) in [5, 5.41) is 34.1. The van der Waals surface area contributed by atoms with Gasteiger partial charge in [0, 0.05) is 36.4 Å². The second-order valence-corrected chi connectivity index (χ2v) is 10.2. The highest BCUT2D eigenvalue weighted by molar-refractivity contribution is 5.80. The fourth-order valence-electron chi connectivity index (χ4n) is 4.90. The van der Waals surface area contributed by atoms with E-state index >= 15 is 0 Å². The Labute approximate surface area is 247 Å². The number of hydrogen-bond acceptors (Lipinski definition) is 13. The van der Waals surface area contributed by atoms with Gasteiger partial charge in [0.1, 0.15) is 36.6 Å². The lowest BCUT2D eigenvalue weighted by Crippen LogP contribution is -2.51. The van der Waals surface area contributed by atoms with Crippen LogP contribution in [0.15, 0.2) is 48.8 Å². The minimum absolute atomic E-state index is 0.179. The summed E-state index contributed by atoms with van der Waals surface area (Å²) in [7, 11) is 0. The number of nitriles is 1. The third-order valence-electron chi connectivity index (χ3n) is 7.18. The van der Waals surface area contributed by atoms with Gasteiger partial charge in [-0.3, -0.25) is 15.8 Å². The standard InChI is InChI=1S/C28H31FN9O5/c1-17(39)27(40)37-9-8-24(22(29)14-37)43-23-7-2-18(12-19(23)13-30)26-32-16-33-28(35-26)34-20-3-5-21(6-4-20)36-10-11-42-25(15-36)38(31)41/h2-7,12,16-17,22,24-25,39H,8-11,14-15,31H2,1H3,(H,32,33,34,35)/q-1/t17-,22+,24-,25+/m0/s1. The van der Waals surface area contributed by atoms with Crippen molar-refractivity contribution in [3.63, 3.8) is 0 Å². The molecule has 15 heteroatoms. The zero-order valence-electron chi connectivity index (χ0n) is 23.3. The lowest BCUT2D eigenvalue weighted by Gasteiger charge is -2.40. The second kappa shape index (κ2) is 13.2. The number of carbonyl (C=O) groups is 1. The van der Waals surface area contributed by atoms with Gasteiger partial charge in [-0.1, -0.05) is 0 Å². The Hall–Kier alpha value is -4.46. The Kier molecular flexibility index (Phi) is 9.24. The predicted octanol–water partition coefficient (Wildman–Crippen LogP) is 1.69. The van der Waals surface area contributed by atoms with Crippen LogP contribution in [-0.2, 0) is 9.53 Å². The number of hydroxylamine groups is 1.